The third-order valence-electron chi connectivity index (χ3n) is 5.63. The Balaban J connectivity index is 1.30. The van der Waals surface area contributed by atoms with Gasteiger partial charge in [0, 0.05) is 36.4 Å². The van der Waals surface area contributed by atoms with Crippen LogP contribution in [0.4, 0.5) is 11.5 Å². The maximum atomic E-state index is 12.8. The fourth-order valence-corrected chi connectivity index (χ4v) is 4.15. The predicted molar refractivity (Wildman–Crippen MR) is 114 cm³/mol. The molecule has 0 radical (unpaired) electrons. The van der Waals surface area contributed by atoms with Crippen molar-refractivity contribution in [1.82, 2.24) is 15.1 Å². The van der Waals surface area contributed by atoms with Crippen LogP contribution in [0.25, 0.3) is 0 Å². The third kappa shape index (κ3) is 3.39. The second-order valence-corrected chi connectivity index (χ2v) is 7.57. The number of benzene rings is 2. The first-order valence-corrected chi connectivity index (χ1v) is 10.0. The molecule has 7 nitrogen and oxygen atoms in total. The van der Waals surface area contributed by atoms with Crippen LogP contribution < -0.4 is 10.2 Å². The number of anilines is 2. The molecule has 150 valence electrons. The van der Waals surface area contributed by atoms with E-state index in [0.717, 1.165) is 23.5 Å². The van der Waals surface area contributed by atoms with E-state index in [9.17, 15) is 9.59 Å². The van der Waals surface area contributed by atoms with E-state index in [4.69, 9.17) is 0 Å². The molecule has 0 saturated carbocycles. The van der Waals surface area contributed by atoms with Crippen LogP contribution in [0.3, 0.4) is 0 Å². The minimum absolute atomic E-state index is 0.0558. The van der Waals surface area contributed by atoms with Gasteiger partial charge in [-0.2, -0.15) is 0 Å². The van der Waals surface area contributed by atoms with Gasteiger partial charge in [-0.15, -0.1) is 10.2 Å². The summed E-state index contributed by atoms with van der Waals surface area (Å²) in [6, 6.07) is 20.6. The van der Waals surface area contributed by atoms with Crippen molar-refractivity contribution < 1.29 is 9.59 Å². The van der Waals surface area contributed by atoms with Crippen molar-refractivity contribution in [3.8, 4) is 0 Å². The second kappa shape index (κ2) is 7.59. The first-order chi connectivity index (χ1) is 14.7. The Kier molecular flexibility index (Phi) is 4.63. The molecule has 30 heavy (non-hydrogen) atoms. The maximum absolute atomic E-state index is 12.8. The van der Waals surface area contributed by atoms with E-state index in [1.165, 1.54) is 0 Å². The number of rotatable bonds is 3. The van der Waals surface area contributed by atoms with E-state index in [1.807, 2.05) is 71.6 Å². The SMILES string of the molecule is O=C(Nc1ccccc1)c1cc2c(nn1)N1CCN(C(=O)c3ccccc3)CC1C2. The number of carbonyl (C=O) groups excluding carboxylic acids is 2. The zero-order chi connectivity index (χ0) is 20.5. The van der Waals surface area contributed by atoms with E-state index in [2.05, 4.69) is 20.4 Å². The zero-order valence-corrected chi connectivity index (χ0v) is 16.4. The smallest absolute Gasteiger partial charge is 0.276 e. The monoisotopic (exact) mass is 399 g/mol. The molecule has 0 bridgehead atoms. The average Bonchev–Trinajstić information content (AvgIpc) is 3.16. The summed E-state index contributed by atoms with van der Waals surface area (Å²) in [6.07, 6.45) is 0.745. The van der Waals surface area contributed by atoms with Crippen LogP contribution in [0.1, 0.15) is 26.4 Å². The number of hydrogen-bond acceptors (Lipinski definition) is 5. The Labute approximate surface area is 174 Å². The summed E-state index contributed by atoms with van der Waals surface area (Å²) in [5.74, 6) is 0.602. The van der Waals surface area contributed by atoms with E-state index >= 15 is 0 Å². The first kappa shape index (κ1) is 18.3. The van der Waals surface area contributed by atoms with Crippen molar-refractivity contribution in [1.29, 1.82) is 0 Å². The lowest BCUT2D eigenvalue weighted by Gasteiger charge is -2.38. The topological polar surface area (TPSA) is 78.4 Å². The first-order valence-electron chi connectivity index (χ1n) is 10.0. The third-order valence-corrected chi connectivity index (χ3v) is 5.63. The number of para-hydroxylation sites is 1. The molecule has 1 N–H and O–H groups in total. The number of amides is 2. The molecule has 3 heterocycles. The van der Waals surface area contributed by atoms with Crippen LogP contribution in [0.2, 0.25) is 0 Å². The molecule has 0 spiro atoms. The highest BCUT2D eigenvalue weighted by Gasteiger charge is 2.37. The Morgan fingerprint density at radius 2 is 1.67 bits per heavy atom. The van der Waals surface area contributed by atoms with E-state index in [-0.39, 0.29) is 17.9 Å². The minimum atomic E-state index is -0.276. The fourth-order valence-electron chi connectivity index (χ4n) is 4.15. The largest absolute Gasteiger partial charge is 0.348 e. The van der Waals surface area contributed by atoms with Gasteiger partial charge in [0.05, 0.1) is 6.04 Å². The molecule has 5 rings (SSSR count). The molecule has 1 saturated heterocycles. The molecule has 1 fully saturated rings. The molecule has 3 aromatic rings. The van der Waals surface area contributed by atoms with E-state index in [0.29, 0.717) is 30.9 Å². The zero-order valence-electron chi connectivity index (χ0n) is 16.4. The summed E-state index contributed by atoms with van der Waals surface area (Å²) in [7, 11) is 0. The summed E-state index contributed by atoms with van der Waals surface area (Å²) in [5, 5.41) is 11.3. The summed E-state index contributed by atoms with van der Waals surface area (Å²) in [4.78, 5) is 29.5. The average molecular weight is 399 g/mol. The summed E-state index contributed by atoms with van der Waals surface area (Å²) < 4.78 is 0. The lowest BCUT2D eigenvalue weighted by Crippen LogP contribution is -2.53. The highest BCUT2D eigenvalue weighted by atomic mass is 16.2. The lowest BCUT2D eigenvalue weighted by molar-refractivity contribution is 0.0724. The highest BCUT2D eigenvalue weighted by molar-refractivity contribution is 6.03. The van der Waals surface area contributed by atoms with Gasteiger partial charge >= 0.3 is 0 Å². The van der Waals surface area contributed by atoms with Crippen molar-refractivity contribution in [2.75, 3.05) is 29.9 Å². The second-order valence-electron chi connectivity index (χ2n) is 7.57. The minimum Gasteiger partial charge on any atom is -0.348 e. The maximum Gasteiger partial charge on any atom is 0.276 e. The summed E-state index contributed by atoms with van der Waals surface area (Å²) in [6.45, 7) is 1.98. The normalized spacial score (nSPS) is 17.3. The predicted octanol–water partition coefficient (Wildman–Crippen LogP) is 2.62. The molecule has 1 unspecified atom stereocenters. The highest BCUT2D eigenvalue weighted by Crippen LogP contribution is 2.32. The van der Waals surface area contributed by atoms with Gasteiger partial charge in [0.25, 0.3) is 11.8 Å². The van der Waals surface area contributed by atoms with Crippen LogP contribution >= 0.6 is 0 Å². The van der Waals surface area contributed by atoms with Crippen molar-refractivity contribution in [2.24, 2.45) is 0 Å². The van der Waals surface area contributed by atoms with Crippen molar-refractivity contribution in [3.63, 3.8) is 0 Å². The van der Waals surface area contributed by atoms with Crippen LogP contribution in [-0.4, -0.2) is 52.6 Å². The summed E-state index contributed by atoms with van der Waals surface area (Å²) in [5.41, 5.74) is 2.73. The van der Waals surface area contributed by atoms with E-state index in [1.54, 1.807) is 0 Å². The molecule has 1 aromatic heterocycles. The standard InChI is InChI=1S/C23H21N5O2/c29-22(24-18-9-5-2-6-10-18)20-14-17-13-19-15-27(11-12-28(19)21(17)26-25-20)23(30)16-7-3-1-4-8-16/h1-10,14,19H,11-13,15H2,(H,24,29). The molecule has 2 aromatic carbocycles. The molecule has 7 heteroatoms. The number of hydrogen-bond donors (Lipinski definition) is 1. The fraction of sp³-hybridized carbons (Fsp3) is 0.217. The van der Waals surface area contributed by atoms with Gasteiger partial charge in [0.2, 0.25) is 0 Å². The Morgan fingerprint density at radius 1 is 0.933 bits per heavy atom. The Hall–Kier alpha value is -3.74. The number of fused-ring (bicyclic) bond motifs is 3. The van der Waals surface area contributed by atoms with Crippen LogP contribution in [0.5, 0.6) is 0 Å². The lowest BCUT2D eigenvalue weighted by atomic mass is 10.1. The molecular weight excluding hydrogens is 378 g/mol. The number of carbonyl (C=O) groups is 2. The summed E-state index contributed by atoms with van der Waals surface area (Å²) >= 11 is 0. The van der Waals surface area contributed by atoms with Crippen LogP contribution in [-0.2, 0) is 6.42 Å². The van der Waals surface area contributed by atoms with Crippen LogP contribution in [0.15, 0.2) is 66.7 Å². The van der Waals surface area contributed by atoms with Gasteiger partial charge in [-0.3, -0.25) is 9.59 Å². The number of piperazine rings is 1. The van der Waals surface area contributed by atoms with Gasteiger partial charge < -0.3 is 15.1 Å². The Morgan fingerprint density at radius 3 is 2.43 bits per heavy atom. The molecule has 2 aliphatic rings. The molecule has 0 aliphatic carbocycles. The van der Waals surface area contributed by atoms with Gasteiger partial charge in [-0.05, 0) is 36.8 Å². The van der Waals surface area contributed by atoms with Crippen molar-refractivity contribution in [2.45, 2.75) is 12.5 Å². The van der Waals surface area contributed by atoms with Gasteiger partial charge in [-0.1, -0.05) is 36.4 Å². The van der Waals surface area contributed by atoms with E-state index < -0.39 is 0 Å². The number of nitrogens with one attached hydrogen (secondary N) is 1. The van der Waals surface area contributed by atoms with Crippen molar-refractivity contribution >= 4 is 23.3 Å². The number of aromatic nitrogens is 2. The van der Waals surface area contributed by atoms with Crippen molar-refractivity contribution in [3.05, 3.63) is 83.6 Å². The molecule has 2 amide bonds. The molecule has 1 atom stereocenters. The number of nitrogens with zero attached hydrogens (tertiary/aromatic N) is 4. The molecule has 2 aliphatic heterocycles. The van der Waals surface area contributed by atoms with Gasteiger partial charge in [0.15, 0.2) is 11.5 Å². The van der Waals surface area contributed by atoms with Gasteiger partial charge in [0.1, 0.15) is 0 Å². The Bertz CT molecular complexity index is 1090. The molecular formula is C23H21N5O2. The van der Waals surface area contributed by atoms with Crippen LogP contribution in [0, 0.1) is 0 Å². The quantitative estimate of drug-likeness (QED) is 0.733. The van der Waals surface area contributed by atoms with Gasteiger partial charge in [-0.25, -0.2) is 0 Å².